The normalized spacial score (nSPS) is 12.7. The van der Waals surface area contributed by atoms with Crippen molar-refractivity contribution in [3.05, 3.63) is 71.8 Å². The van der Waals surface area contributed by atoms with Crippen LogP contribution < -0.4 is 0 Å². The van der Waals surface area contributed by atoms with E-state index in [1.54, 1.807) is 24.3 Å². The fourth-order valence-electron chi connectivity index (χ4n) is 2.14. The lowest BCUT2D eigenvalue weighted by Crippen LogP contribution is -1.99. The Labute approximate surface area is 113 Å². The number of phenolic OH excluding ortho intramolecular Hbond substituents is 2. The summed E-state index contributed by atoms with van der Waals surface area (Å²) >= 11 is 0. The Kier molecular flexibility index (Phi) is 4.24. The molecule has 0 aliphatic heterocycles. The summed E-state index contributed by atoms with van der Waals surface area (Å²) in [5, 5.41) is 18.6. The molecule has 2 aromatic rings. The van der Waals surface area contributed by atoms with E-state index in [0.29, 0.717) is 0 Å². The van der Waals surface area contributed by atoms with Crippen LogP contribution in [0.5, 0.6) is 11.5 Å². The van der Waals surface area contributed by atoms with Gasteiger partial charge in [0.05, 0.1) is 0 Å². The largest absolute Gasteiger partial charge is 0.508 e. The van der Waals surface area contributed by atoms with Crippen LogP contribution in [0.1, 0.15) is 24.0 Å². The van der Waals surface area contributed by atoms with E-state index in [2.05, 4.69) is 6.08 Å². The van der Waals surface area contributed by atoms with Gasteiger partial charge in [-0.05, 0) is 48.7 Å². The molecule has 19 heavy (non-hydrogen) atoms. The van der Waals surface area contributed by atoms with Gasteiger partial charge in [0, 0.05) is 5.92 Å². The van der Waals surface area contributed by atoms with Crippen molar-refractivity contribution in [2.45, 2.75) is 19.3 Å². The number of aromatic hydroxyl groups is 2. The van der Waals surface area contributed by atoms with E-state index < -0.39 is 0 Å². The summed E-state index contributed by atoms with van der Waals surface area (Å²) in [4.78, 5) is 0. The van der Waals surface area contributed by atoms with E-state index in [4.69, 9.17) is 0 Å². The third kappa shape index (κ3) is 3.62. The van der Waals surface area contributed by atoms with Gasteiger partial charge in [0.15, 0.2) is 0 Å². The van der Waals surface area contributed by atoms with Crippen LogP contribution in [0, 0.1) is 0 Å². The zero-order valence-electron chi connectivity index (χ0n) is 11.0. The highest BCUT2D eigenvalue weighted by Gasteiger charge is 2.09. The van der Waals surface area contributed by atoms with Crippen molar-refractivity contribution >= 4 is 0 Å². The molecule has 0 heterocycles. The van der Waals surface area contributed by atoms with Crippen molar-refractivity contribution < 1.29 is 10.2 Å². The molecule has 0 fully saturated rings. The Morgan fingerprint density at radius 1 is 0.895 bits per heavy atom. The summed E-state index contributed by atoms with van der Waals surface area (Å²) in [5.41, 5.74) is 2.35. The van der Waals surface area contributed by atoms with Crippen LogP contribution in [0.2, 0.25) is 0 Å². The van der Waals surface area contributed by atoms with E-state index in [-0.39, 0.29) is 17.4 Å². The van der Waals surface area contributed by atoms with Crippen molar-refractivity contribution in [3.8, 4) is 11.5 Å². The topological polar surface area (TPSA) is 40.5 Å². The van der Waals surface area contributed by atoms with Crippen LogP contribution in [0.25, 0.3) is 0 Å². The molecule has 0 amide bonds. The number of phenols is 2. The molecule has 2 aromatic carbocycles. The molecule has 0 aliphatic rings. The highest BCUT2D eigenvalue weighted by atomic mass is 16.3. The molecule has 0 saturated carbocycles. The van der Waals surface area contributed by atoms with E-state index in [9.17, 15) is 10.2 Å². The van der Waals surface area contributed by atoms with Crippen molar-refractivity contribution in [2.24, 2.45) is 0 Å². The third-order valence-corrected chi connectivity index (χ3v) is 3.14. The number of rotatable bonds is 4. The second kappa shape index (κ2) is 6.10. The zero-order chi connectivity index (χ0) is 13.7. The number of hydrogen-bond donors (Lipinski definition) is 2. The van der Waals surface area contributed by atoms with Gasteiger partial charge in [0.1, 0.15) is 11.5 Å². The molecule has 0 bridgehead atoms. The van der Waals surface area contributed by atoms with E-state index in [0.717, 1.165) is 6.42 Å². The molecule has 0 radical (unpaired) electrons. The molecule has 2 heteroatoms. The summed E-state index contributed by atoms with van der Waals surface area (Å²) in [6.07, 6.45) is 5.06. The van der Waals surface area contributed by atoms with Gasteiger partial charge in [-0.15, -0.1) is 0 Å². The first-order valence-electron chi connectivity index (χ1n) is 6.38. The summed E-state index contributed by atoms with van der Waals surface area (Å²) in [6, 6.07) is 14.6. The molecule has 0 aliphatic carbocycles. The molecule has 0 spiro atoms. The Balaban J connectivity index is 2.20. The fraction of sp³-hybridized carbons (Fsp3) is 0.176. The maximum atomic E-state index is 9.34. The molecule has 1 atom stereocenters. The third-order valence-electron chi connectivity index (χ3n) is 3.14. The first-order chi connectivity index (χ1) is 9.19. The van der Waals surface area contributed by atoms with Crippen LogP contribution >= 0.6 is 0 Å². The molecule has 2 rings (SSSR count). The van der Waals surface area contributed by atoms with Gasteiger partial charge in [-0.25, -0.2) is 0 Å². The van der Waals surface area contributed by atoms with E-state index in [1.807, 2.05) is 37.3 Å². The first-order valence-corrected chi connectivity index (χ1v) is 6.38. The second-order valence-corrected chi connectivity index (χ2v) is 4.59. The van der Waals surface area contributed by atoms with Crippen molar-refractivity contribution in [3.63, 3.8) is 0 Å². The Hall–Kier alpha value is -2.22. The Bertz CT molecular complexity index is 538. The molecule has 2 N–H and O–H groups in total. The zero-order valence-corrected chi connectivity index (χ0v) is 11.0. The van der Waals surface area contributed by atoms with Crippen molar-refractivity contribution in [1.29, 1.82) is 0 Å². The summed E-state index contributed by atoms with van der Waals surface area (Å²) < 4.78 is 0. The molecule has 1 unspecified atom stereocenters. The van der Waals surface area contributed by atoms with Crippen LogP contribution in [-0.4, -0.2) is 10.2 Å². The average Bonchev–Trinajstić information content (AvgIpc) is 2.42. The maximum absolute atomic E-state index is 9.34. The van der Waals surface area contributed by atoms with Gasteiger partial charge in [-0.3, -0.25) is 0 Å². The van der Waals surface area contributed by atoms with Gasteiger partial charge >= 0.3 is 0 Å². The summed E-state index contributed by atoms with van der Waals surface area (Å²) in [7, 11) is 0. The molecular weight excluding hydrogens is 236 g/mol. The smallest absolute Gasteiger partial charge is 0.115 e. The molecule has 2 nitrogen and oxygen atoms in total. The first kappa shape index (κ1) is 13.2. The van der Waals surface area contributed by atoms with Crippen LogP contribution in [-0.2, 0) is 6.42 Å². The summed E-state index contributed by atoms with van der Waals surface area (Å²) in [6.45, 7) is 2.00. The minimum absolute atomic E-state index is 0.273. The van der Waals surface area contributed by atoms with E-state index in [1.165, 1.54) is 11.1 Å². The van der Waals surface area contributed by atoms with Gasteiger partial charge in [-0.1, -0.05) is 36.4 Å². The maximum Gasteiger partial charge on any atom is 0.115 e. The fourth-order valence-corrected chi connectivity index (χ4v) is 2.14. The molecule has 0 aromatic heterocycles. The minimum atomic E-state index is 0.273. The van der Waals surface area contributed by atoms with E-state index >= 15 is 0 Å². The lowest BCUT2D eigenvalue weighted by Gasteiger charge is -2.13. The molecule has 98 valence electrons. The number of hydrogen-bond acceptors (Lipinski definition) is 2. The predicted octanol–water partition coefficient (Wildman–Crippen LogP) is 4.00. The quantitative estimate of drug-likeness (QED) is 0.810. The van der Waals surface area contributed by atoms with Crippen molar-refractivity contribution in [2.75, 3.05) is 0 Å². The van der Waals surface area contributed by atoms with Gasteiger partial charge in [0.25, 0.3) is 0 Å². The SMILES string of the molecule is C/C=C/C(Cc1ccc(O)cc1)c1ccc(O)cc1. The number of benzene rings is 2. The standard InChI is InChI=1S/C17H18O2/c1-2-3-15(14-6-10-17(19)11-7-14)12-13-4-8-16(18)9-5-13/h2-11,15,18-19H,12H2,1H3/b3-2+. The highest BCUT2D eigenvalue weighted by molar-refractivity contribution is 5.33. The lowest BCUT2D eigenvalue weighted by atomic mass is 9.91. The second-order valence-electron chi connectivity index (χ2n) is 4.59. The average molecular weight is 254 g/mol. The highest BCUT2D eigenvalue weighted by Crippen LogP contribution is 2.25. The van der Waals surface area contributed by atoms with Crippen LogP contribution in [0.4, 0.5) is 0 Å². The monoisotopic (exact) mass is 254 g/mol. The summed E-state index contributed by atoms with van der Waals surface area (Å²) in [5.74, 6) is 0.846. The van der Waals surface area contributed by atoms with Gasteiger partial charge in [-0.2, -0.15) is 0 Å². The molecule has 0 saturated heterocycles. The van der Waals surface area contributed by atoms with Crippen LogP contribution in [0.3, 0.4) is 0 Å². The Morgan fingerprint density at radius 2 is 1.42 bits per heavy atom. The van der Waals surface area contributed by atoms with Crippen molar-refractivity contribution in [1.82, 2.24) is 0 Å². The van der Waals surface area contributed by atoms with Gasteiger partial charge in [0.2, 0.25) is 0 Å². The Morgan fingerprint density at radius 3 is 1.95 bits per heavy atom. The predicted molar refractivity (Wildman–Crippen MR) is 77.5 cm³/mol. The number of allylic oxidation sites excluding steroid dienone is 2. The van der Waals surface area contributed by atoms with Gasteiger partial charge < -0.3 is 10.2 Å². The molecular formula is C17H18O2. The lowest BCUT2D eigenvalue weighted by molar-refractivity contribution is 0.474. The van der Waals surface area contributed by atoms with Crippen LogP contribution in [0.15, 0.2) is 60.7 Å². The minimum Gasteiger partial charge on any atom is -0.508 e.